The molecule has 1 heteroatoms. The van der Waals surface area contributed by atoms with E-state index in [9.17, 15) is 4.79 Å². The Kier molecular flexibility index (Phi) is 3.24. The molecule has 0 N–H and O–H groups in total. The molecule has 1 aromatic carbocycles. The van der Waals surface area contributed by atoms with Crippen LogP contribution in [0.15, 0.2) is 24.3 Å². The van der Waals surface area contributed by atoms with Crippen molar-refractivity contribution in [1.82, 2.24) is 0 Å². The Hall–Kier alpha value is -1.11. The van der Waals surface area contributed by atoms with Crippen molar-refractivity contribution in [2.45, 2.75) is 33.1 Å². The zero-order valence-corrected chi connectivity index (χ0v) is 8.50. The predicted molar refractivity (Wildman–Crippen MR) is 55.2 cm³/mol. The van der Waals surface area contributed by atoms with Gasteiger partial charge >= 0.3 is 0 Å². The van der Waals surface area contributed by atoms with E-state index in [2.05, 4.69) is 13.8 Å². The van der Waals surface area contributed by atoms with Gasteiger partial charge in [-0.25, -0.2) is 0 Å². The molecule has 0 aliphatic rings. The Balaban J connectivity index is 3.11. The van der Waals surface area contributed by atoms with Gasteiger partial charge in [0.2, 0.25) is 0 Å². The molecule has 1 aromatic rings. The summed E-state index contributed by atoms with van der Waals surface area (Å²) in [6, 6.07) is 7.87. The summed E-state index contributed by atoms with van der Waals surface area (Å²) in [6.45, 7) is 5.92. The minimum atomic E-state index is 0.163. The first-order valence-electron chi connectivity index (χ1n) is 4.76. The first kappa shape index (κ1) is 9.97. The lowest BCUT2D eigenvalue weighted by Crippen LogP contribution is -2.02. The maximum atomic E-state index is 11.3. The summed E-state index contributed by atoms with van der Waals surface area (Å²) < 4.78 is 0. The number of ketones is 1. The monoisotopic (exact) mass is 176 g/mol. The minimum Gasteiger partial charge on any atom is -0.295 e. The number of hydrogen-bond donors (Lipinski definition) is 0. The summed E-state index contributed by atoms with van der Waals surface area (Å²) in [5.41, 5.74) is 2.05. The van der Waals surface area contributed by atoms with E-state index in [1.165, 1.54) is 5.56 Å². The van der Waals surface area contributed by atoms with Crippen LogP contribution in [0.1, 0.15) is 49.0 Å². The maximum absolute atomic E-state index is 11.3. The third-order valence-electron chi connectivity index (χ3n) is 2.48. The molecule has 70 valence electrons. The van der Waals surface area contributed by atoms with Crippen LogP contribution in [0.2, 0.25) is 0 Å². The zero-order valence-electron chi connectivity index (χ0n) is 8.50. The van der Waals surface area contributed by atoms with Gasteiger partial charge in [-0.05, 0) is 24.8 Å². The molecule has 0 aliphatic carbocycles. The standard InChI is InChI=1S/C12H16O/c1-4-9(2)11-7-5-6-8-12(11)10(3)13/h5-9H,4H2,1-3H3/t9-/m1/s1. The van der Waals surface area contributed by atoms with Gasteiger partial charge in [-0.2, -0.15) is 0 Å². The van der Waals surface area contributed by atoms with Crippen LogP contribution in [0.4, 0.5) is 0 Å². The molecule has 0 fully saturated rings. The first-order valence-corrected chi connectivity index (χ1v) is 4.76. The summed E-state index contributed by atoms with van der Waals surface area (Å²) in [4.78, 5) is 11.3. The molecule has 1 rings (SSSR count). The third-order valence-corrected chi connectivity index (χ3v) is 2.48. The summed E-state index contributed by atoms with van der Waals surface area (Å²) >= 11 is 0. The van der Waals surface area contributed by atoms with Crippen molar-refractivity contribution in [3.8, 4) is 0 Å². The van der Waals surface area contributed by atoms with E-state index in [1.54, 1.807) is 6.92 Å². The molecule has 0 saturated heterocycles. The SMILES string of the molecule is CC[C@@H](C)c1ccccc1C(C)=O. The van der Waals surface area contributed by atoms with Crippen molar-refractivity contribution < 1.29 is 4.79 Å². The highest BCUT2D eigenvalue weighted by Crippen LogP contribution is 2.22. The number of hydrogen-bond acceptors (Lipinski definition) is 1. The quantitative estimate of drug-likeness (QED) is 0.645. The number of rotatable bonds is 3. The van der Waals surface area contributed by atoms with Gasteiger partial charge in [-0.3, -0.25) is 4.79 Å². The average molecular weight is 176 g/mol. The Bertz CT molecular complexity index is 302. The molecule has 0 radical (unpaired) electrons. The maximum Gasteiger partial charge on any atom is 0.160 e. The lowest BCUT2D eigenvalue weighted by molar-refractivity contribution is 0.101. The molecule has 13 heavy (non-hydrogen) atoms. The van der Waals surface area contributed by atoms with Crippen LogP contribution in [0, 0.1) is 0 Å². The first-order chi connectivity index (χ1) is 6.16. The Morgan fingerprint density at radius 3 is 2.54 bits per heavy atom. The van der Waals surface area contributed by atoms with E-state index in [0.29, 0.717) is 5.92 Å². The van der Waals surface area contributed by atoms with Crippen LogP contribution in [0.3, 0.4) is 0 Å². The highest BCUT2D eigenvalue weighted by Gasteiger charge is 2.10. The normalized spacial score (nSPS) is 12.5. The van der Waals surface area contributed by atoms with Crippen LogP contribution in [-0.4, -0.2) is 5.78 Å². The summed E-state index contributed by atoms with van der Waals surface area (Å²) in [6.07, 6.45) is 1.07. The zero-order chi connectivity index (χ0) is 9.84. The van der Waals surface area contributed by atoms with Gasteiger partial charge in [-0.1, -0.05) is 38.1 Å². The van der Waals surface area contributed by atoms with E-state index in [1.807, 2.05) is 24.3 Å². The van der Waals surface area contributed by atoms with Gasteiger partial charge in [0.25, 0.3) is 0 Å². The predicted octanol–water partition coefficient (Wildman–Crippen LogP) is 3.40. The molecule has 0 unspecified atom stereocenters. The molecule has 1 nitrogen and oxygen atoms in total. The van der Waals surface area contributed by atoms with E-state index in [-0.39, 0.29) is 5.78 Å². The molecule has 0 saturated carbocycles. The van der Waals surface area contributed by atoms with Crippen molar-refractivity contribution in [1.29, 1.82) is 0 Å². The van der Waals surface area contributed by atoms with Crippen molar-refractivity contribution in [2.75, 3.05) is 0 Å². The second-order valence-electron chi connectivity index (χ2n) is 3.45. The van der Waals surface area contributed by atoms with E-state index in [0.717, 1.165) is 12.0 Å². The number of carbonyl (C=O) groups is 1. The summed E-state index contributed by atoms with van der Waals surface area (Å²) in [5, 5.41) is 0. The van der Waals surface area contributed by atoms with Gasteiger partial charge in [0.05, 0.1) is 0 Å². The summed E-state index contributed by atoms with van der Waals surface area (Å²) in [5.74, 6) is 0.635. The number of benzene rings is 1. The molecule has 0 aromatic heterocycles. The molecular formula is C12H16O. The lowest BCUT2D eigenvalue weighted by atomic mass is 9.92. The Morgan fingerprint density at radius 2 is 2.00 bits per heavy atom. The molecular weight excluding hydrogens is 160 g/mol. The Morgan fingerprint density at radius 1 is 1.38 bits per heavy atom. The topological polar surface area (TPSA) is 17.1 Å². The van der Waals surface area contributed by atoms with Gasteiger partial charge in [0.1, 0.15) is 0 Å². The number of Topliss-reactive ketones (excluding diaryl/α,β-unsaturated/α-hetero) is 1. The molecule has 0 heterocycles. The van der Waals surface area contributed by atoms with E-state index >= 15 is 0 Å². The van der Waals surface area contributed by atoms with Crippen LogP contribution in [0.25, 0.3) is 0 Å². The highest BCUT2D eigenvalue weighted by atomic mass is 16.1. The van der Waals surface area contributed by atoms with Crippen molar-refractivity contribution in [2.24, 2.45) is 0 Å². The smallest absolute Gasteiger partial charge is 0.160 e. The Labute approximate surface area is 79.8 Å². The van der Waals surface area contributed by atoms with Crippen LogP contribution >= 0.6 is 0 Å². The van der Waals surface area contributed by atoms with Crippen LogP contribution in [0.5, 0.6) is 0 Å². The fourth-order valence-corrected chi connectivity index (χ4v) is 1.47. The van der Waals surface area contributed by atoms with E-state index in [4.69, 9.17) is 0 Å². The van der Waals surface area contributed by atoms with Crippen molar-refractivity contribution in [3.05, 3.63) is 35.4 Å². The fraction of sp³-hybridized carbons (Fsp3) is 0.417. The van der Waals surface area contributed by atoms with Crippen molar-refractivity contribution >= 4 is 5.78 Å². The second-order valence-corrected chi connectivity index (χ2v) is 3.45. The van der Waals surface area contributed by atoms with Crippen molar-refractivity contribution in [3.63, 3.8) is 0 Å². The fourth-order valence-electron chi connectivity index (χ4n) is 1.47. The van der Waals surface area contributed by atoms with E-state index < -0.39 is 0 Å². The molecule has 0 bridgehead atoms. The lowest BCUT2D eigenvalue weighted by Gasteiger charge is -2.12. The molecule has 0 amide bonds. The third kappa shape index (κ3) is 2.18. The van der Waals surface area contributed by atoms with Gasteiger partial charge < -0.3 is 0 Å². The van der Waals surface area contributed by atoms with Gasteiger partial charge in [0, 0.05) is 5.56 Å². The second kappa shape index (κ2) is 4.22. The highest BCUT2D eigenvalue weighted by molar-refractivity contribution is 5.95. The van der Waals surface area contributed by atoms with Gasteiger partial charge in [-0.15, -0.1) is 0 Å². The van der Waals surface area contributed by atoms with Gasteiger partial charge in [0.15, 0.2) is 5.78 Å². The van der Waals surface area contributed by atoms with Crippen LogP contribution in [-0.2, 0) is 0 Å². The largest absolute Gasteiger partial charge is 0.295 e. The van der Waals surface area contributed by atoms with Crippen LogP contribution < -0.4 is 0 Å². The molecule has 0 aliphatic heterocycles. The summed E-state index contributed by atoms with van der Waals surface area (Å²) in [7, 11) is 0. The number of carbonyl (C=O) groups excluding carboxylic acids is 1. The molecule has 0 spiro atoms. The average Bonchev–Trinajstić information content (AvgIpc) is 2.16. The molecule has 1 atom stereocenters. The minimum absolute atomic E-state index is 0.163.